The smallest absolute Gasteiger partial charge is 0.0383 e. The lowest BCUT2D eigenvalue weighted by atomic mass is 9.74. The third kappa shape index (κ3) is 0.332. The molecule has 3 atom stereocenters. The van der Waals surface area contributed by atoms with Gasteiger partial charge in [-0.05, 0) is 37.0 Å². The minimum Gasteiger partial charge on any atom is -0.0620 e. The molecule has 40 valence electrons. The molecule has 0 aromatic carbocycles. The minimum absolute atomic E-state index is 1.11. The largest absolute Gasteiger partial charge is 0.0620 e. The quantitative estimate of drug-likeness (QED) is 0.433. The normalized spacial score (nSPS) is 57.0. The number of hydrogen-bond acceptors (Lipinski definition) is 0. The zero-order valence-electron chi connectivity index (χ0n) is 4.85. The highest BCUT2D eigenvalue weighted by Gasteiger charge is 2.43. The lowest BCUT2D eigenvalue weighted by Crippen LogP contribution is -2.24. The van der Waals surface area contributed by atoms with Crippen LogP contribution in [0.25, 0.3) is 0 Å². The molecule has 1 unspecified atom stereocenters. The minimum atomic E-state index is 1.11. The molecule has 3 saturated carbocycles. The van der Waals surface area contributed by atoms with E-state index in [9.17, 15) is 0 Å². The van der Waals surface area contributed by atoms with Crippen LogP contribution in [0.4, 0.5) is 0 Å². The van der Waals surface area contributed by atoms with E-state index in [0.29, 0.717) is 0 Å². The van der Waals surface area contributed by atoms with Gasteiger partial charge in [-0.3, -0.25) is 0 Å². The molecule has 3 fully saturated rings. The molecule has 0 heteroatoms. The highest BCUT2D eigenvalue weighted by Crippen LogP contribution is 2.52. The molecule has 0 nitrogen and oxygen atoms in total. The Balaban J connectivity index is 2.14. The Morgan fingerprint density at radius 1 is 1.14 bits per heavy atom. The highest BCUT2D eigenvalue weighted by atomic mass is 14.5. The lowest BCUT2D eigenvalue weighted by Gasteiger charge is -2.31. The van der Waals surface area contributed by atoms with Gasteiger partial charge in [-0.25, -0.2) is 0 Å². The first-order valence-electron chi connectivity index (χ1n) is 3.38. The molecule has 3 aliphatic carbocycles. The second-order valence-electron chi connectivity index (χ2n) is 3.19. The van der Waals surface area contributed by atoms with E-state index >= 15 is 0 Å². The van der Waals surface area contributed by atoms with Gasteiger partial charge in [0.1, 0.15) is 0 Å². The van der Waals surface area contributed by atoms with Gasteiger partial charge in [0.15, 0.2) is 0 Å². The van der Waals surface area contributed by atoms with E-state index in [1.54, 1.807) is 19.3 Å². The van der Waals surface area contributed by atoms with Crippen LogP contribution in [-0.4, -0.2) is 0 Å². The van der Waals surface area contributed by atoms with Crippen LogP contribution in [0.3, 0.4) is 0 Å². The van der Waals surface area contributed by atoms with Crippen molar-refractivity contribution in [2.24, 2.45) is 17.8 Å². The molecule has 0 saturated heterocycles. The summed E-state index contributed by atoms with van der Waals surface area (Å²) in [6, 6.07) is 0. The van der Waals surface area contributed by atoms with Crippen LogP contribution in [0, 0.1) is 17.8 Å². The van der Waals surface area contributed by atoms with Gasteiger partial charge in [0.2, 0.25) is 0 Å². The fourth-order valence-corrected chi connectivity index (χ4v) is 2.20. The van der Waals surface area contributed by atoms with Gasteiger partial charge in [-0.1, -0.05) is 6.92 Å². The van der Waals surface area contributed by atoms with E-state index in [2.05, 4.69) is 6.92 Å². The van der Waals surface area contributed by atoms with Crippen LogP contribution in [0.2, 0.25) is 0 Å². The topological polar surface area (TPSA) is 0 Å². The molecule has 0 aromatic rings. The zero-order chi connectivity index (χ0) is 4.85. The Kier molecular flexibility index (Phi) is 0.586. The van der Waals surface area contributed by atoms with Gasteiger partial charge < -0.3 is 0 Å². The summed E-state index contributed by atoms with van der Waals surface area (Å²) in [6.45, 7) is 2.41. The maximum Gasteiger partial charge on any atom is -0.0383 e. The van der Waals surface area contributed by atoms with Crippen LogP contribution in [0.1, 0.15) is 26.2 Å². The number of hydrogen-bond donors (Lipinski definition) is 0. The summed E-state index contributed by atoms with van der Waals surface area (Å²) in [5, 5.41) is 0. The van der Waals surface area contributed by atoms with Crippen molar-refractivity contribution in [2.45, 2.75) is 26.2 Å². The first kappa shape index (κ1) is 3.94. The van der Waals surface area contributed by atoms with Gasteiger partial charge in [-0.15, -0.1) is 0 Å². The summed E-state index contributed by atoms with van der Waals surface area (Å²) >= 11 is 0. The summed E-state index contributed by atoms with van der Waals surface area (Å²) in [5.41, 5.74) is 0. The van der Waals surface area contributed by atoms with Crippen LogP contribution < -0.4 is 0 Å². The van der Waals surface area contributed by atoms with E-state index in [1.807, 2.05) is 0 Å². The predicted molar refractivity (Wildman–Crippen MR) is 30.0 cm³/mol. The fraction of sp³-hybridized carbons (Fsp3) is 1.00. The van der Waals surface area contributed by atoms with E-state index in [0.717, 1.165) is 17.8 Å². The first-order valence-corrected chi connectivity index (χ1v) is 3.38. The Labute approximate surface area is 44.9 Å². The molecule has 0 heterocycles. The molecule has 3 aliphatic rings. The SMILES string of the molecule is CC1[C@@H]2CC[C@H]1C2. The van der Waals surface area contributed by atoms with E-state index in [1.165, 1.54) is 0 Å². The maximum absolute atomic E-state index is 2.41. The van der Waals surface area contributed by atoms with Crippen molar-refractivity contribution in [3.63, 3.8) is 0 Å². The van der Waals surface area contributed by atoms with Gasteiger partial charge in [0, 0.05) is 0 Å². The monoisotopic (exact) mass is 96.1 g/mol. The van der Waals surface area contributed by atoms with Crippen LogP contribution >= 0.6 is 0 Å². The van der Waals surface area contributed by atoms with Gasteiger partial charge >= 0.3 is 0 Å². The third-order valence-electron chi connectivity index (χ3n) is 3.00. The molecule has 0 aromatic heterocycles. The molecule has 0 N–H and O–H groups in total. The van der Waals surface area contributed by atoms with Crippen LogP contribution in [0.15, 0.2) is 0 Å². The predicted octanol–water partition coefficient (Wildman–Crippen LogP) is 2.05. The number of fused-ring (bicyclic) bond motifs is 1. The van der Waals surface area contributed by atoms with Crippen molar-refractivity contribution in [3.05, 3.63) is 0 Å². The molecule has 0 radical (unpaired) electrons. The zero-order valence-corrected chi connectivity index (χ0v) is 4.85. The van der Waals surface area contributed by atoms with Crippen molar-refractivity contribution in [3.8, 4) is 0 Å². The second kappa shape index (κ2) is 1.04. The van der Waals surface area contributed by atoms with Crippen molar-refractivity contribution >= 4 is 0 Å². The molecular weight excluding hydrogens is 84.1 g/mol. The number of rotatable bonds is 0. The Bertz CT molecular complexity index is 72.0. The van der Waals surface area contributed by atoms with Crippen LogP contribution in [-0.2, 0) is 0 Å². The summed E-state index contributed by atoms with van der Waals surface area (Å²) in [7, 11) is 0. The molecule has 2 bridgehead atoms. The summed E-state index contributed by atoms with van der Waals surface area (Å²) in [6.07, 6.45) is 4.67. The highest BCUT2D eigenvalue weighted by molar-refractivity contribution is 4.93. The summed E-state index contributed by atoms with van der Waals surface area (Å²) in [5.74, 6) is 3.43. The fourth-order valence-electron chi connectivity index (χ4n) is 2.20. The standard InChI is InChI=1S/C7H12/c1-5-6-2-3-7(5)4-6/h5-7H,2-4H2,1H3/t5?,6-,7+. The van der Waals surface area contributed by atoms with Crippen molar-refractivity contribution in [1.29, 1.82) is 0 Å². The molecular formula is C7H12. The Hall–Kier alpha value is 0. The average molecular weight is 96.2 g/mol. The van der Waals surface area contributed by atoms with Gasteiger partial charge in [0.25, 0.3) is 0 Å². The Morgan fingerprint density at radius 2 is 1.71 bits per heavy atom. The first-order chi connectivity index (χ1) is 3.38. The second-order valence-corrected chi connectivity index (χ2v) is 3.19. The third-order valence-corrected chi connectivity index (χ3v) is 3.00. The van der Waals surface area contributed by atoms with Gasteiger partial charge in [-0.2, -0.15) is 0 Å². The molecule has 0 aliphatic heterocycles. The van der Waals surface area contributed by atoms with E-state index < -0.39 is 0 Å². The molecule has 3 rings (SSSR count). The van der Waals surface area contributed by atoms with Crippen molar-refractivity contribution < 1.29 is 0 Å². The molecule has 0 amide bonds. The van der Waals surface area contributed by atoms with Crippen LogP contribution in [0.5, 0.6) is 0 Å². The van der Waals surface area contributed by atoms with E-state index in [4.69, 9.17) is 0 Å². The summed E-state index contributed by atoms with van der Waals surface area (Å²) in [4.78, 5) is 0. The Morgan fingerprint density at radius 3 is 1.86 bits per heavy atom. The summed E-state index contributed by atoms with van der Waals surface area (Å²) < 4.78 is 0. The lowest BCUT2D eigenvalue weighted by molar-refractivity contribution is 0.178. The maximum atomic E-state index is 2.41. The molecule has 7 heavy (non-hydrogen) atoms. The van der Waals surface area contributed by atoms with E-state index in [-0.39, 0.29) is 0 Å². The van der Waals surface area contributed by atoms with Gasteiger partial charge in [0.05, 0.1) is 0 Å². The molecule has 0 spiro atoms. The van der Waals surface area contributed by atoms with Crippen molar-refractivity contribution in [2.75, 3.05) is 0 Å². The average Bonchev–Trinajstić information content (AvgIpc) is 2.18. The van der Waals surface area contributed by atoms with Crippen molar-refractivity contribution in [1.82, 2.24) is 0 Å².